The van der Waals surface area contributed by atoms with Crippen molar-refractivity contribution in [3.05, 3.63) is 39.4 Å². The highest BCUT2D eigenvalue weighted by Gasteiger charge is 2.25. The normalized spacial score (nSPS) is 21.2. The lowest BCUT2D eigenvalue weighted by Crippen LogP contribution is -2.50. The molecule has 7 heteroatoms. The van der Waals surface area contributed by atoms with E-state index >= 15 is 0 Å². The van der Waals surface area contributed by atoms with E-state index in [0.29, 0.717) is 17.0 Å². The van der Waals surface area contributed by atoms with Crippen LogP contribution < -0.4 is 10.6 Å². The summed E-state index contributed by atoms with van der Waals surface area (Å²) in [5, 5.41) is 17.1. The van der Waals surface area contributed by atoms with E-state index in [-0.39, 0.29) is 30.0 Å². The Morgan fingerprint density at radius 3 is 2.81 bits per heavy atom. The van der Waals surface area contributed by atoms with Gasteiger partial charge in [-0.3, -0.25) is 14.9 Å². The summed E-state index contributed by atoms with van der Waals surface area (Å²) in [7, 11) is 0. The summed E-state index contributed by atoms with van der Waals surface area (Å²) in [6.07, 6.45) is 1.01. The molecule has 116 valence electrons. The van der Waals surface area contributed by atoms with Crippen molar-refractivity contribution in [1.82, 2.24) is 10.6 Å². The maximum absolute atomic E-state index is 12.3. The first-order valence-electron chi connectivity index (χ1n) is 6.76. The standard InChI is InChI=1S/C14H19N3O3.ClH/c1-9-6-7-15-8-12(9)16-14(18)11-4-3-5-13(10(11)2)17(19)20;/h3-5,9,12,15H,6-8H2,1-2H3,(H,16,18);1H. The van der Waals surface area contributed by atoms with Crippen molar-refractivity contribution in [2.45, 2.75) is 26.3 Å². The van der Waals surface area contributed by atoms with Gasteiger partial charge < -0.3 is 10.6 Å². The van der Waals surface area contributed by atoms with Crippen molar-refractivity contribution in [3.8, 4) is 0 Å². The number of rotatable bonds is 3. The molecule has 0 radical (unpaired) electrons. The highest BCUT2D eigenvalue weighted by molar-refractivity contribution is 5.96. The Hall–Kier alpha value is -1.66. The van der Waals surface area contributed by atoms with Gasteiger partial charge in [0.25, 0.3) is 11.6 Å². The van der Waals surface area contributed by atoms with Gasteiger partial charge >= 0.3 is 0 Å². The number of nitrogens with zero attached hydrogens (tertiary/aromatic N) is 1. The molecule has 1 aromatic rings. The summed E-state index contributed by atoms with van der Waals surface area (Å²) in [5.74, 6) is 0.158. The Bertz CT molecular complexity index is 536. The Morgan fingerprint density at radius 1 is 1.48 bits per heavy atom. The number of amides is 1. The molecule has 1 fully saturated rings. The molecular weight excluding hydrogens is 294 g/mol. The van der Waals surface area contributed by atoms with Crippen LogP contribution in [0.1, 0.15) is 29.3 Å². The van der Waals surface area contributed by atoms with Crippen LogP contribution in [0, 0.1) is 23.0 Å². The first kappa shape index (κ1) is 17.4. The number of nitro groups is 1. The quantitative estimate of drug-likeness (QED) is 0.661. The molecule has 1 heterocycles. The fourth-order valence-electron chi connectivity index (χ4n) is 2.50. The monoisotopic (exact) mass is 313 g/mol. The lowest BCUT2D eigenvalue weighted by molar-refractivity contribution is -0.385. The molecule has 0 saturated carbocycles. The van der Waals surface area contributed by atoms with Gasteiger partial charge in [-0.2, -0.15) is 0 Å². The van der Waals surface area contributed by atoms with E-state index < -0.39 is 4.92 Å². The Labute approximate surface area is 129 Å². The van der Waals surface area contributed by atoms with Crippen LogP contribution in [0.5, 0.6) is 0 Å². The Kier molecular flexibility index (Phi) is 6.11. The van der Waals surface area contributed by atoms with Crippen LogP contribution in [0.4, 0.5) is 5.69 Å². The van der Waals surface area contributed by atoms with Gasteiger partial charge in [-0.15, -0.1) is 12.4 Å². The summed E-state index contributed by atoms with van der Waals surface area (Å²) in [6.45, 7) is 5.41. The van der Waals surface area contributed by atoms with Crippen molar-refractivity contribution < 1.29 is 9.72 Å². The molecule has 1 aliphatic rings. The van der Waals surface area contributed by atoms with E-state index in [9.17, 15) is 14.9 Å². The predicted molar refractivity (Wildman–Crippen MR) is 83.0 cm³/mol. The number of carbonyl (C=O) groups excluding carboxylic acids is 1. The first-order valence-corrected chi connectivity index (χ1v) is 6.76. The molecule has 2 unspecified atom stereocenters. The van der Waals surface area contributed by atoms with Gasteiger partial charge in [0.2, 0.25) is 0 Å². The number of hydrogen-bond donors (Lipinski definition) is 2. The average molecular weight is 314 g/mol. The van der Waals surface area contributed by atoms with E-state index in [1.165, 1.54) is 6.07 Å². The fraction of sp³-hybridized carbons (Fsp3) is 0.500. The lowest BCUT2D eigenvalue weighted by Gasteiger charge is -2.30. The predicted octanol–water partition coefficient (Wildman–Crippen LogP) is 2.05. The van der Waals surface area contributed by atoms with E-state index in [4.69, 9.17) is 0 Å². The number of hydrogen-bond acceptors (Lipinski definition) is 4. The van der Waals surface area contributed by atoms with Crippen LogP contribution in [0.3, 0.4) is 0 Å². The molecule has 1 aromatic carbocycles. The largest absolute Gasteiger partial charge is 0.348 e. The molecule has 2 N–H and O–H groups in total. The second-order valence-electron chi connectivity index (χ2n) is 5.26. The topological polar surface area (TPSA) is 84.3 Å². The average Bonchev–Trinajstić information content (AvgIpc) is 2.41. The zero-order valence-electron chi connectivity index (χ0n) is 12.1. The number of halogens is 1. The molecule has 6 nitrogen and oxygen atoms in total. The summed E-state index contributed by atoms with van der Waals surface area (Å²) in [5.41, 5.74) is 0.760. The van der Waals surface area contributed by atoms with Crippen molar-refractivity contribution in [3.63, 3.8) is 0 Å². The van der Waals surface area contributed by atoms with E-state index in [1.807, 2.05) is 0 Å². The Balaban J connectivity index is 0.00000220. The summed E-state index contributed by atoms with van der Waals surface area (Å²) in [4.78, 5) is 22.7. The minimum atomic E-state index is -0.461. The highest BCUT2D eigenvalue weighted by atomic mass is 35.5. The van der Waals surface area contributed by atoms with Gasteiger partial charge in [-0.1, -0.05) is 13.0 Å². The fourth-order valence-corrected chi connectivity index (χ4v) is 2.50. The maximum Gasteiger partial charge on any atom is 0.273 e. The molecule has 2 atom stereocenters. The molecule has 21 heavy (non-hydrogen) atoms. The van der Waals surface area contributed by atoms with E-state index in [2.05, 4.69) is 17.6 Å². The van der Waals surface area contributed by atoms with Crippen LogP contribution in [0.15, 0.2) is 18.2 Å². The zero-order valence-corrected chi connectivity index (χ0v) is 12.9. The minimum absolute atomic E-state index is 0. The van der Waals surface area contributed by atoms with Crippen LogP contribution in [-0.4, -0.2) is 30.0 Å². The van der Waals surface area contributed by atoms with Crippen LogP contribution in [-0.2, 0) is 0 Å². The summed E-state index contributed by atoms with van der Waals surface area (Å²) >= 11 is 0. The summed E-state index contributed by atoms with van der Waals surface area (Å²) < 4.78 is 0. The molecule has 0 aliphatic carbocycles. The van der Waals surface area contributed by atoms with Crippen LogP contribution in [0.2, 0.25) is 0 Å². The molecule has 1 aliphatic heterocycles. The lowest BCUT2D eigenvalue weighted by atomic mass is 9.94. The Morgan fingerprint density at radius 2 is 2.19 bits per heavy atom. The van der Waals surface area contributed by atoms with Gasteiger partial charge in [0, 0.05) is 29.8 Å². The van der Waals surface area contributed by atoms with Crippen molar-refractivity contribution in [1.29, 1.82) is 0 Å². The molecular formula is C14H20ClN3O3. The maximum atomic E-state index is 12.3. The van der Waals surface area contributed by atoms with Gasteiger partial charge in [-0.25, -0.2) is 0 Å². The smallest absolute Gasteiger partial charge is 0.273 e. The SMILES string of the molecule is Cc1c(C(=O)NC2CNCCC2C)cccc1[N+](=O)[O-].Cl. The first-order chi connectivity index (χ1) is 9.50. The molecule has 0 spiro atoms. The van der Waals surface area contributed by atoms with Gasteiger partial charge in [0.15, 0.2) is 0 Å². The van der Waals surface area contributed by atoms with Crippen molar-refractivity contribution in [2.75, 3.05) is 13.1 Å². The van der Waals surface area contributed by atoms with E-state index in [0.717, 1.165) is 19.5 Å². The van der Waals surface area contributed by atoms with Crippen molar-refractivity contribution in [2.24, 2.45) is 5.92 Å². The molecule has 0 aromatic heterocycles. The molecule has 2 rings (SSSR count). The van der Waals surface area contributed by atoms with Crippen LogP contribution in [0.25, 0.3) is 0 Å². The molecule has 0 bridgehead atoms. The highest BCUT2D eigenvalue weighted by Crippen LogP contribution is 2.21. The third-order valence-electron chi connectivity index (χ3n) is 3.89. The minimum Gasteiger partial charge on any atom is -0.348 e. The van der Waals surface area contributed by atoms with E-state index in [1.54, 1.807) is 19.1 Å². The molecule has 1 saturated heterocycles. The third-order valence-corrected chi connectivity index (χ3v) is 3.89. The number of nitrogens with one attached hydrogen (secondary N) is 2. The second-order valence-corrected chi connectivity index (χ2v) is 5.26. The van der Waals surface area contributed by atoms with Gasteiger partial charge in [-0.05, 0) is 31.9 Å². The number of benzene rings is 1. The van der Waals surface area contributed by atoms with Crippen LogP contribution >= 0.6 is 12.4 Å². The second kappa shape index (κ2) is 7.38. The van der Waals surface area contributed by atoms with Crippen molar-refractivity contribution >= 4 is 24.0 Å². The number of carbonyl (C=O) groups is 1. The molecule has 1 amide bonds. The summed E-state index contributed by atoms with van der Waals surface area (Å²) in [6, 6.07) is 4.65. The number of nitro benzene ring substituents is 1. The van der Waals surface area contributed by atoms with Gasteiger partial charge in [0.1, 0.15) is 0 Å². The third kappa shape index (κ3) is 3.92. The zero-order chi connectivity index (χ0) is 14.7. The number of piperidine rings is 1. The van der Waals surface area contributed by atoms with Gasteiger partial charge in [0.05, 0.1) is 4.92 Å².